The average molecular weight is 243 g/mol. The molecule has 94 valence electrons. The molecule has 0 radical (unpaired) electrons. The van der Waals surface area contributed by atoms with Gasteiger partial charge in [0.2, 0.25) is 0 Å². The molecule has 1 unspecified atom stereocenters. The van der Waals surface area contributed by atoms with Crippen molar-refractivity contribution in [2.75, 3.05) is 0 Å². The van der Waals surface area contributed by atoms with Crippen molar-refractivity contribution in [3.05, 3.63) is 60.1 Å². The van der Waals surface area contributed by atoms with Crippen molar-refractivity contribution in [3.63, 3.8) is 0 Å². The Balaban J connectivity index is 2.14. The van der Waals surface area contributed by atoms with E-state index in [1.54, 1.807) is 24.6 Å². The molecule has 0 aliphatic carbocycles. The van der Waals surface area contributed by atoms with Gasteiger partial charge in [0.05, 0.1) is 11.8 Å². The minimum absolute atomic E-state index is 0.533. The van der Waals surface area contributed by atoms with Crippen molar-refractivity contribution in [3.8, 4) is 0 Å². The maximum absolute atomic E-state index is 10.2. The van der Waals surface area contributed by atoms with E-state index in [0.717, 1.165) is 5.56 Å². The Morgan fingerprint density at radius 2 is 1.89 bits per heavy atom. The average Bonchev–Trinajstić information content (AvgIpc) is 2.90. The van der Waals surface area contributed by atoms with Crippen LogP contribution in [0.2, 0.25) is 0 Å². The molecule has 0 amide bonds. The van der Waals surface area contributed by atoms with Gasteiger partial charge in [-0.1, -0.05) is 30.3 Å². The third kappa shape index (κ3) is 2.87. The van der Waals surface area contributed by atoms with Crippen LogP contribution in [-0.4, -0.2) is 16.9 Å². The van der Waals surface area contributed by atoms with Crippen LogP contribution in [-0.2, 0) is 0 Å². The van der Waals surface area contributed by atoms with Gasteiger partial charge in [0.25, 0.3) is 0 Å². The van der Waals surface area contributed by atoms with Crippen LogP contribution >= 0.6 is 0 Å². The van der Waals surface area contributed by atoms with Crippen molar-refractivity contribution in [1.82, 2.24) is 0 Å². The van der Waals surface area contributed by atoms with Gasteiger partial charge in [-0.05, 0) is 31.5 Å². The predicted molar refractivity (Wildman–Crippen MR) is 71.8 cm³/mol. The molecule has 0 saturated heterocycles. The second-order valence-corrected chi connectivity index (χ2v) is 4.74. The summed E-state index contributed by atoms with van der Waals surface area (Å²) in [4.78, 5) is 4.45. The molecule has 1 aromatic carbocycles. The van der Waals surface area contributed by atoms with E-state index in [1.807, 2.05) is 44.2 Å². The van der Waals surface area contributed by atoms with Crippen LogP contribution in [0.3, 0.4) is 0 Å². The Kier molecular flexibility index (Phi) is 3.63. The third-order valence-electron chi connectivity index (χ3n) is 2.83. The summed E-state index contributed by atoms with van der Waals surface area (Å²) in [6.45, 7) is 3.75. The molecular formula is C15H17NO2. The van der Waals surface area contributed by atoms with Crippen LogP contribution in [0, 0.1) is 0 Å². The zero-order valence-electron chi connectivity index (χ0n) is 10.6. The first-order valence-electron chi connectivity index (χ1n) is 5.91. The van der Waals surface area contributed by atoms with Crippen molar-refractivity contribution in [2.24, 2.45) is 4.99 Å². The van der Waals surface area contributed by atoms with E-state index in [1.165, 1.54) is 0 Å². The Morgan fingerprint density at radius 3 is 2.50 bits per heavy atom. The predicted octanol–water partition coefficient (Wildman–Crippen LogP) is 3.21. The van der Waals surface area contributed by atoms with Crippen LogP contribution in [0.15, 0.2) is 58.1 Å². The van der Waals surface area contributed by atoms with E-state index in [2.05, 4.69) is 4.99 Å². The zero-order valence-corrected chi connectivity index (χ0v) is 10.6. The first kappa shape index (κ1) is 12.6. The fraction of sp³-hybridized carbons (Fsp3) is 0.267. The van der Waals surface area contributed by atoms with E-state index in [-0.39, 0.29) is 0 Å². The lowest BCUT2D eigenvalue weighted by Crippen LogP contribution is -2.27. The highest BCUT2D eigenvalue weighted by molar-refractivity contribution is 5.79. The molecule has 3 nitrogen and oxygen atoms in total. The van der Waals surface area contributed by atoms with Crippen LogP contribution in [0.4, 0.5) is 0 Å². The number of hydrogen-bond donors (Lipinski definition) is 1. The van der Waals surface area contributed by atoms with Gasteiger partial charge in [-0.2, -0.15) is 0 Å². The second-order valence-electron chi connectivity index (χ2n) is 4.74. The molecule has 1 heterocycles. The molecule has 18 heavy (non-hydrogen) atoms. The SMILES string of the molecule is CC(C)(N=Cc1ccccc1)C(O)c1ccco1. The summed E-state index contributed by atoms with van der Waals surface area (Å²) in [5.74, 6) is 0.533. The fourth-order valence-corrected chi connectivity index (χ4v) is 1.65. The van der Waals surface area contributed by atoms with E-state index in [0.29, 0.717) is 5.76 Å². The van der Waals surface area contributed by atoms with Crippen LogP contribution in [0.1, 0.15) is 31.3 Å². The maximum atomic E-state index is 10.2. The lowest BCUT2D eigenvalue weighted by Gasteiger charge is -2.24. The highest BCUT2D eigenvalue weighted by atomic mass is 16.4. The number of aliphatic imine (C=N–C) groups is 1. The Hall–Kier alpha value is -1.87. The van der Waals surface area contributed by atoms with Gasteiger partial charge in [0.15, 0.2) is 0 Å². The second kappa shape index (κ2) is 5.19. The maximum Gasteiger partial charge on any atom is 0.136 e. The summed E-state index contributed by atoms with van der Waals surface area (Å²) < 4.78 is 5.21. The van der Waals surface area contributed by atoms with Gasteiger partial charge in [-0.3, -0.25) is 4.99 Å². The molecule has 1 aromatic heterocycles. The van der Waals surface area contributed by atoms with Gasteiger partial charge in [0.1, 0.15) is 11.9 Å². The van der Waals surface area contributed by atoms with Gasteiger partial charge in [-0.25, -0.2) is 0 Å². The fourth-order valence-electron chi connectivity index (χ4n) is 1.65. The molecule has 1 N–H and O–H groups in total. The highest BCUT2D eigenvalue weighted by Crippen LogP contribution is 2.28. The van der Waals surface area contributed by atoms with Crippen LogP contribution in [0.5, 0.6) is 0 Å². The molecule has 3 heteroatoms. The number of rotatable bonds is 4. The Labute approximate surface area is 107 Å². The lowest BCUT2D eigenvalue weighted by molar-refractivity contribution is 0.0841. The van der Waals surface area contributed by atoms with Crippen LogP contribution < -0.4 is 0 Å². The monoisotopic (exact) mass is 243 g/mol. The minimum Gasteiger partial charge on any atom is -0.466 e. The van der Waals surface area contributed by atoms with Gasteiger partial charge in [0, 0.05) is 6.21 Å². The van der Waals surface area contributed by atoms with E-state index >= 15 is 0 Å². The highest BCUT2D eigenvalue weighted by Gasteiger charge is 2.29. The molecular weight excluding hydrogens is 226 g/mol. The van der Waals surface area contributed by atoms with Crippen molar-refractivity contribution in [2.45, 2.75) is 25.5 Å². The molecule has 2 rings (SSSR count). The van der Waals surface area contributed by atoms with E-state index in [4.69, 9.17) is 4.42 Å². The Morgan fingerprint density at radius 1 is 1.17 bits per heavy atom. The molecule has 0 aliphatic rings. The standard InChI is InChI=1S/C15H17NO2/c1-15(2,14(17)13-9-6-10-18-13)16-11-12-7-4-3-5-8-12/h3-11,14,17H,1-2H3. The molecule has 1 atom stereocenters. The molecule has 0 saturated carbocycles. The number of aliphatic hydroxyl groups excluding tert-OH is 1. The number of hydrogen-bond acceptors (Lipinski definition) is 3. The minimum atomic E-state index is -0.757. The number of aliphatic hydroxyl groups is 1. The number of furan rings is 1. The summed E-state index contributed by atoms with van der Waals surface area (Å²) in [5, 5.41) is 10.2. The summed E-state index contributed by atoms with van der Waals surface area (Å²) in [7, 11) is 0. The van der Waals surface area contributed by atoms with Gasteiger partial charge < -0.3 is 9.52 Å². The molecule has 2 aromatic rings. The molecule has 0 fully saturated rings. The van der Waals surface area contributed by atoms with Gasteiger partial charge >= 0.3 is 0 Å². The molecule has 0 bridgehead atoms. The van der Waals surface area contributed by atoms with Gasteiger partial charge in [-0.15, -0.1) is 0 Å². The normalized spacial score (nSPS) is 13.9. The topological polar surface area (TPSA) is 45.7 Å². The first-order chi connectivity index (χ1) is 8.59. The zero-order chi connectivity index (χ0) is 13.0. The smallest absolute Gasteiger partial charge is 0.136 e. The summed E-state index contributed by atoms with van der Waals surface area (Å²) in [5.41, 5.74) is 0.380. The summed E-state index contributed by atoms with van der Waals surface area (Å²) >= 11 is 0. The molecule has 0 aliphatic heterocycles. The van der Waals surface area contributed by atoms with Crippen molar-refractivity contribution >= 4 is 6.21 Å². The van der Waals surface area contributed by atoms with Crippen molar-refractivity contribution < 1.29 is 9.52 Å². The quantitative estimate of drug-likeness (QED) is 0.838. The molecule has 0 spiro atoms. The summed E-state index contributed by atoms with van der Waals surface area (Å²) in [6, 6.07) is 13.3. The number of nitrogens with zero attached hydrogens (tertiary/aromatic N) is 1. The first-order valence-corrected chi connectivity index (χ1v) is 5.91. The Bertz CT molecular complexity index is 501. The third-order valence-corrected chi connectivity index (χ3v) is 2.83. The number of benzene rings is 1. The lowest BCUT2D eigenvalue weighted by atomic mass is 9.96. The van der Waals surface area contributed by atoms with E-state index in [9.17, 15) is 5.11 Å². The van der Waals surface area contributed by atoms with E-state index < -0.39 is 11.6 Å². The largest absolute Gasteiger partial charge is 0.466 e. The summed E-state index contributed by atoms with van der Waals surface area (Å²) in [6.07, 6.45) is 2.56. The van der Waals surface area contributed by atoms with Crippen molar-refractivity contribution in [1.29, 1.82) is 0 Å². The van der Waals surface area contributed by atoms with Crippen LogP contribution in [0.25, 0.3) is 0 Å².